The molecule has 0 heterocycles. The predicted octanol–water partition coefficient (Wildman–Crippen LogP) is 1.54. The Hall–Kier alpha value is -3.11. The van der Waals surface area contributed by atoms with Gasteiger partial charge in [-0.25, -0.2) is 18.4 Å². The molecule has 0 fully saturated rings. The van der Waals surface area contributed by atoms with Crippen LogP contribution in [0.5, 0.6) is 11.5 Å². The summed E-state index contributed by atoms with van der Waals surface area (Å²) in [6.45, 7) is 1.40. The zero-order chi connectivity index (χ0) is 20.9. The van der Waals surface area contributed by atoms with Crippen LogP contribution in [0.15, 0.2) is 47.4 Å². The molecule has 0 aromatic heterocycles. The number of anilines is 1. The van der Waals surface area contributed by atoms with E-state index in [2.05, 4.69) is 5.32 Å². The molecule has 2 aromatic rings. The quantitative estimate of drug-likeness (QED) is 0.664. The number of ether oxygens (including phenoxy) is 3. The molecule has 1 amide bonds. The highest BCUT2D eigenvalue weighted by Gasteiger charge is 2.24. The third-order valence-corrected chi connectivity index (χ3v) is 4.66. The molecule has 28 heavy (non-hydrogen) atoms. The van der Waals surface area contributed by atoms with E-state index in [4.69, 9.17) is 19.3 Å². The first-order chi connectivity index (χ1) is 13.2. The van der Waals surface area contributed by atoms with Crippen molar-refractivity contribution in [2.24, 2.45) is 5.14 Å². The van der Waals surface area contributed by atoms with Gasteiger partial charge >= 0.3 is 5.97 Å². The molecule has 0 spiro atoms. The first-order valence-electron chi connectivity index (χ1n) is 8.03. The maximum absolute atomic E-state index is 12.5. The number of esters is 1. The molecule has 0 unspecified atom stereocenters. The van der Waals surface area contributed by atoms with Gasteiger partial charge in [0, 0.05) is 5.69 Å². The van der Waals surface area contributed by atoms with Gasteiger partial charge in [0.2, 0.25) is 10.0 Å². The third kappa shape index (κ3) is 4.99. The number of nitrogens with two attached hydrogens (primary N) is 1. The third-order valence-electron chi connectivity index (χ3n) is 3.74. The lowest BCUT2D eigenvalue weighted by atomic mass is 10.1. The van der Waals surface area contributed by atoms with Crippen LogP contribution in [0, 0.1) is 0 Å². The van der Waals surface area contributed by atoms with Gasteiger partial charge in [-0.05, 0) is 43.3 Å². The van der Waals surface area contributed by atoms with Crippen LogP contribution in [0.1, 0.15) is 17.3 Å². The van der Waals surface area contributed by atoms with Crippen LogP contribution < -0.4 is 19.9 Å². The van der Waals surface area contributed by atoms with Crippen LogP contribution in [0.2, 0.25) is 0 Å². The Morgan fingerprint density at radius 3 is 2.00 bits per heavy atom. The molecule has 1 atom stereocenters. The topological polar surface area (TPSA) is 134 Å². The maximum atomic E-state index is 12.5. The van der Waals surface area contributed by atoms with Gasteiger partial charge < -0.3 is 19.5 Å². The Morgan fingerprint density at radius 2 is 1.54 bits per heavy atom. The van der Waals surface area contributed by atoms with E-state index in [0.717, 1.165) is 0 Å². The molecule has 0 aliphatic rings. The van der Waals surface area contributed by atoms with Gasteiger partial charge in [-0.2, -0.15) is 0 Å². The number of methoxy groups -OCH3 is 2. The number of benzene rings is 2. The van der Waals surface area contributed by atoms with E-state index in [-0.39, 0.29) is 22.0 Å². The zero-order valence-electron chi connectivity index (χ0n) is 15.5. The fraction of sp³-hybridized carbons (Fsp3) is 0.222. The average Bonchev–Trinajstić information content (AvgIpc) is 2.66. The standard InChI is InChI=1S/C18H20N2O7S/c1-11(17(21)20-12-7-9-13(10-8-12)28(19,23)24)27-18(22)16-14(25-2)5-4-6-15(16)26-3/h4-11H,1-3H3,(H,20,21)(H2,19,23,24)/t11-/m0/s1. The van der Waals surface area contributed by atoms with Crippen molar-refractivity contribution < 1.29 is 32.2 Å². The molecule has 0 bridgehead atoms. The normalized spacial score (nSPS) is 12.0. The molecular formula is C18H20N2O7S. The molecule has 2 rings (SSSR count). The van der Waals surface area contributed by atoms with Gasteiger partial charge in [-0.15, -0.1) is 0 Å². The summed E-state index contributed by atoms with van der Waals surface area (Å²) in [4.78, 5) is 24.7. The number of carbonyl (C=O) groups is 2. The van der Waals surface area contributed by atoms with Gasteiger partial charge in [0.15, 0.2) is 6.10 Å². The number of primary sulfonamides is 1. The van der Waals surface area contributed by atoms with E-state index < -0.39 is 28.0 Å². The van der Waals surface area contributed by atoms with Crippen molar-refractivity contribution in [1.82, 2.24) is 0 Å². The highest BCUT2D eigenvalue weighted by molar-refractivity contribution is 7.89. The smallest absolute Gasteiger partial charge is 0.346 e. The largest absolute Gasteiger partial charge is 0.496 e. The summed E-state index contributed by atoms with van der Waals surface area (Å²) < 4.78 is 38.0. The molecule has 0 saturated carbocycles. The SMILES string of the molecule is COc1cccc(OC)c1C(=O)O[C@@H](C)C(=O)Nc1ccc(S(N)(=O)=O)cc1. The Bertz CT molecular complexity index is 950. The monoisotopic (exact) mass is 408 g/mol. The minimum atomic E-state index is -3.83. The maximum Gasteiger partial charge on any atom is 0.346 e. The van der Waals surface area contributed by atoms with E-state index in [0.29, 0.717) is 5.69 Å². The molecule has 3 N–H and O–H groups in total. The molecule has 0 saturated heterocycles. The summed E-state index contributed by atoms with van der Waals surface area (Å²) in [5.74, 6) is -0.904. The number of amides is 1. The Balaban J connectivity index is 2.09. The van der Waals surface area contributed by atoms with Gasteiger partial charge in [0.05, 0.1) is 19.1 Å². The Kier molecular flexibility index (Phi) is 6.60. The van der Waals surface area contributed by atoms with Crippen molar-refractivity contribution in [2.45, 2.75) is 17.9 Å². The highest BCUT2D eigenvalue weighted by atomic mass is 32.2. The number of rotatable bonds is 7. The first kappa shape index (κ1) is 21.2. The predicted molar refractivity (Wildman–Crippen MR) is 101 cm³/mol. The van der Waals surface area contributed by atoms with Crippen molar-refractivity contribution in [3.05, 3.63) is 48.0 Å². The fourth-order valence-electron chi connectivity index (χ4n) is 2.30. The van der Waals surface area contributed by atoms with Gasteiger partial charge in [0.25, 0.3) is 5.91 Å². The number of hydrogen-bond acceptors (Lipinski definition) is 7. The highest BCUT2D eigenvalue weighted by Crippen LogP contribution is 2.29. The van der Waals surface area contributed by atoms with Gasteiger partial charge in [-0.1, -0.05) is 6.07 Å². The number of nitrogens with one attached hydrogen (secondary N) is 1. The van der Waals surface area contributed by atoms with Crippen molar-refractivity contribution in [3.8, 4) is 11.5 Å². The number of hydrogen-bond donors (Lipinski definition) is 2. The zero-order valence-corrected chi connectivity index (χ0v) is 16.3. The molecule has 0 aliphatic carbocycles. The minimum absolute atomic E-state index is 0.0599. The molecule has 0 radical (unpaired) electrons. The molecule has 150 valence electrons. The summed E-state index contributed by atoms with van der Waals surface area (Å²) in [5, 5.41) is 7.54. The van der Waals surface area contributed by atoms with Crippen molar-refractivity contribution in [3.63, 3.8) is 0 Å². The van der Waals surface area contributed by atoms with E-state index in [1.54, 1.807) is 18.2 Å². The van der Waals surface area contributed by atoms with Crippen LogP contribution in [-0.2, 0) is 19.6 Å². The van der Waals surface area contributed by atoms with Crippen molar-refractivity contribution in [1.29, 1.82) is 0 Å². The van der Waals surface area contributed by atoms with Gasteiger partial charge in [-0.3, -0.25) is 4.79 Å². The van der Waals surface area contributed by atoms with Crippen LogP contribution in [0.4, 0.5) is 5.69 Å². The second kappa shape index (κ2) is 8.72. The van der Waals surface area contributed by atoms with Crippen LogP contribution in [0.25, 0.3) is 0 Å². The lowest BCUT2D eigenvalue weighted by Gasteiger charge is -2.16. The lowest BCUT2D eigenvalue weighted by Crippen LogP contribution is -2.30. The molecule has 2 aromatic carbocycles. The molecule has 0 aliphatic heterocycles. The summed E-state index contributed by atoms with van der Waals surface area (Å²) in [6, 6.07) is 10.0. The minimum Gasteiger partial charge on any atom is -0.496 e. The van der Waals surface area contributed by atoms with E-state index in [1.807, 2.05) is 0 Å². The Labute approximate surface area is 162 Å². The van der Waals surface area contributed by atoms with Crippen LogP contribution in [-0.4, -0.2) is 40.6 Å². The van der Waals surface area contributed by atoms with Crippen molar-refractivity contribution >= 4 is 27.6 Å². The van der Waals surface area contributed by atoms with Crippen LogP contribution in [0.3, 0.4) is 0 Å². The average molecular weight is 408 g/mol. The summed E-state index contributed by atoms with van der Waals surface area (Å²) >= 11 is 0. The van der Waals surface area contributed by atoms with E-state index >= 15 is 0 Å². The molecule has 10 heteroatoms. The van der Waals surface area contributed by atoms with Crippen LogP contribution >= 0.6 is 0 Å². The summed E-state index contributed by atoms with van der Waals surface area (Å²) in [7, 11) is -1.04. The Morgan fingerprint density at radius 1 is 1.00 bits per heavy atom. The van der Waals surface area contributed by atoms with E-state index in [9.17, 15) is 18.0 Å². The number of sulfonamides is 1. The van der Waals surface area contributed by atoms with Gasteiger partial charge in [0.1, 0.15) is 17.1 Å². The summed E-state index contributed by atoms with van der Waals surface area (Å²) in [5.41, 5.74) is 0.375. The number of carbonyl (C=O) groups excluding carboxylic acids is 2. The first-order valence-corrected chi connectivity index (χ1v) is 9.57. The van der Waals surface area contributed by atoms with E-state index in [1.165, 1.54) is 45.4 Å². The van der Waals surface area contributed by atoms with Crippen molar-refractivity contribution in [2.75, 3.05) is 19.5 Å². The molecule has 9 nitrogen and oxygen atoms in total. The summed E-state index contributed by atoms with van der Waals surface area (Å²) in [6.07, 6.45) is -1.14. The molecular weight excluding hydrogens is 388 g/mol. The lowest BCUT2D eigenvalue weighted by molar-refractivity contribution is -0.123. The second-order valence-electron chi connectivity index (χ2n) is 5.64. The second-order valence-corrected chi connectivity index (χ2v) is 7.21. The fourth-order valence-corrected chi connectivity index (χ4v) is 2.81.